The van der Waals surface area contributed by atoms with Crippen molar-refractivity contribution in [2.45, 2.75) is 27.7 Å². The number of hydrogen-bond acceptors (Lipinski definition) is 4. The average Bonchev–Trinajstić information content (AvgIpc) is 2.24. The van der Waals surface area contributed by atoms with Gasteiger partial charge in [-0.15, -0.1) is 0 Å². The van der Waals surface area contributed by atoms with Crippen molar-refractivity contribution in [3.8, 4) is 0 Å². The molecule has 6 nitrogen and oxygen atoms in total. The molecule has 0 spiro atoms. The molecule has 0 aliphatic heterocycles. The molecular weight excluding hydrogens is 234 g/mol. The van der Waals surface area contributed by atoms with Gasteiger partial charge in [-0.25, -0.2) is 14.5 Å². The van der Waals surface area contributed by atoms with E-state index in [1.165, 1.54) is 6.20 Å². The van der Waals surface area contributed by atoms with Crippen molar-refractivity contribution in [3.63, 3.8) is 0 Å². The highest BCUT2D eigenvalue weighted by Gasteiger charge is 2.20. The summed E-state index contributed by atoms with van der Waals surface area (Å²) in [7, 11) is 0. The maximum Gasteiger partial charge on any atom is 0.418 e. The van der Waals surface area contributed by atoms with Crippen molar-refractivity contribution in [2.24, 2.45) is 11.1 Å². The highest BCUT2D eigenvalue weighted by molar-refractivity contribution is 5.91. The van der Waals surface area contributed by atoms with Gasteiger partial charge in [0.15, 0.2) is 0 Å². The summed E-state index contributed by atoms with van der Waals surface area (Å²) in [4.78, 5) is 24.2. The van der Waals surface area contributed by atoms with Crippen LogP contribution in [0.3, 0.4) is 0 Å². The molecule has 0 aromatic heterocycles. The van der Waals surface area contributed by atoms with Gasteiger partial charge in [0.05, 0.1) is 6.61 Å². The lowest BCUT2D eigenvalue weighted by Crippen LogP contribution is -2.44. The number of imide groups is 1. The van der Waals surface area contributed by atoms with Gasteiger partial charge in [0.2, 0.25) is 0 Å². The topological polar surface area (TPSA) is 84.7 Å². The van der Waals surface area contributed by atoms with E-state index in [0.29, 0.717) is 0 Å². The van der Waals surface area contributed by atoms with Crippen LogP contribution in [-0.2, 0) is 4.74 Å². The normalized spacial score (nSPS) is 11.4. The first-order valence-electron chi connectivity index (χ1n) is 5.94. The standard InChI is InChI=1S/C12H23N3O3/c1-5-18-11(17)15(9-7-13)10(16)14-8-6-12(2,3)4/h6,8H,5,7,9,13H2,1-4H3,(H,14,16)/b8-6+. The third-order valence-electron chi connectivity index (χ3n) is 1.88. The number of nitrogens with one attached hydrogen (secondary N) is 1. The maximum absolute atomic E-state index is 11.7. The molecule has 18 heavy (non-hydrogen) atoms. The molecule has 104 valence electrons. The van der Waals surface area contributed by atoms with E-state index in [1.807, 2.05) is 26.8 Å². The number of nitrogens with zero attached hydrogens (tertiary/aromatic N) is 1. The number of amides is 3. The van der Waals surface area contributed by atoms with E-state index in [-0.39, 0.29) is 25.1 Å². The Labute approximate surface area is 108 Å². The van der Waals surface area contributed by atoms with E-state index < -0.39 is 12.1 Å². The Morgan fingerprint density at radius 1 is 1.39 bits per heavy atom. The molecule has 0 aliphatic carbocycles. The minimum absolute atomic E-state index is 0.0457. The second kappa shape index (κ2) is 7.71. The molecule has 0 bridgehead atoms. The van der Waals surface area contributed by atoms with E-state index in [2.05, 4.69) is 5.32 Å². The maximum atomic E-state index is 11.7. The van der Waals surface area contributed by atoms with Crippen LogP contribution in [0.5, 0.6) is 0 Å². The van der Waals surface area contributed by atoms with Crippen molar-refractivity contribution in [1.82, 2.24) is 10.2 Å². The molecule has 0 unspecified atom stereocenters. The van der Waals surface area contributed by atoms with Crippen LogP contribution in [0, 0.1) is 5.41 Å². The van der Waals surface area contributed by atoms with Gasteiger partial charge in [0.25, 0.3) is 0 Å². The Kier molecular flexibility index (Phi) is 7.04. The molecule has 0 rings (SSSR count). The number of ether oxygens (including phenoxy) is 1. The van der Waals surface area contributed by atoms with Gasteiger partial charge in [-0.05, 0) is 12.3 Å². The Balaban J connectivity index is 4.48. The van der Waals surface area contributed by atoms with Crippen LogP contribution < -0.4 is 11.1 Å². The van der Waals surface area contributed by atoms with Gasteiger partial charge in [-0.1, -0.05) is 26.8 Å². The Hall–Kier alpha value is -1.56. The molecule has 3 N–H and O–H groups in total. The fourth-order valence-corrected chi connectivity index (χ4v) is 1.05. The van der Waals surface area contributed by atoms with Crippen molar-refractivity contribution in [1.29, 1.82) is 0 Å². The van der Waals surface area contributed by atoms with E-state index in [0.717, 1.165) is 4.90 Å². The molecule has 0 aromatic carbocycles. The molecule has 0 fully saturated rings. The lowest BCUT2D eigenvalue weighted by molar-refractivity contribution is 0.116. The summed E-state index contributed by atoms with van der Waals surface area (Å²) < 4.78 is 4.77. The second-order valence-corrected chi connectivity index (χ2v) is 4.79. The fraction of sp³-hybridized carbons (Fsp3) is 0.667. The Bertz CT molecular complexity index is 308. The molecule has 3 amide bonds. The van der Waals surface area contributed by atoms with Gasteiger partial charge >= 0.3 is 12.1 Å². The van der Waals surface area contributed by atoms with Crippen LogP contribution >= 0.6 is 0 Å². The van der Waals surface area contributed by atoms with Crippen LogP contribution in [0.15, 0.2) is 12.3 Å². The quantitative estimate of drug-likeness (QED) is 0.802. The largest absolute Gasteiger partial charge is 0.449 e. The van der Waals surface area contributed by atoms with E-state index in [9.17, 15) is 9.59 Å². The minimum atomic E-state index is -0.690. The predicted molar refractivity (Wildman–Crippen MR) is 69.9 cm³/mol. The third kappa shape index (κ3) is 6.90. The van der Waals surface area contributed by atoms with E-state index >= 15 is 0 Å². The molecule has 0 saturated heterocycles. The van der Waals surface area contributed by atoms with Gasteiger partial charge in [0.1, 0.15) is 0 Å². The average molecular weight is 257 g/mol. The van der Waals surface area contributed by atoms with E-state index in [4.69, 9.17) is 10.5 Å². The van der Waals surface area contributed by atoms with Crippen LogP contribution in [-0.4, -0.2) is 36.7 Å². The van der Waals surface area contributed by atoms with E-state index in [1.54, 1.807) is 6.92 Å². The summed E-state index contributed by atoms with van der Waals surface area (Å²) in [5.41, 5.74) is 5.31. The number of rotatable bonds is 4. The van der Waals surface area contributed by atoms with Gasteiger partial charge in [-0.2, -0.15) is 0 Å². The van der Waals surface area contributed by atoms with Crippen molar-refractivity contribution >= 4 is 12.1 Å². The number of allylic oxidation sites excluding steroid dienone is 1. The highest BCUT2D eigenvalue weighted by atomic mass is 16.6. The van der Waals surface area contributed by atoms with Gasteiger partial charge < -0.3 is 15.8 Å². The summed E-state index contributed by atoms with van der Waals surface area (Å²) in [6.45, 7) is 8.19. The minimum Gasteiger partial charge on any atom is -0.449 e. The van der Waals surface area contributed by atoms with Crippen molar-refractivity contribution in [2.75, 3.05) is 19.7 Å². The number of urea groups is 1. The smallest absolute Gasteiger partial charge is 0.418 e. The van der Waals surface area contributed by atoms with Crippen LogP contribution in [0.1, 0.15) is 27.7 Å². The number of hydrogen-bond donors (Lipinski definition) is 2. The SMILES string of the molecule is CCOC(=O)N(CCN)C(=O)N/C=C/C(C)(C)C. The first-order valence-corrected chi connectivity index (χ1v) is 5.94. The third-order valence-corrected chi connectivity index (χ3v) is 1.88. The van der Waals surface area contributed by atoms with Gasteiger partial charge in [0, 0.05) is 19.3 Å². The molecule has 0 aromatic rings. The first-order chi connectivity index (χ1) is 8.31. The number of carbonyl (C=O) groups is 2. The summed E-state index contributed by atoms with van der Waals surface area (Å²) in [5.74, 6) is 0. The second-order valence-electron chi connectivity index (χ2n) is 4.79. The van der Waals surface area contributed by atoms with Gasteiger partial charge in [-0.3, -0.25) is 0 Å². The summed E-state index contributed by atoms with van der Waals surface area (Å²) in [6, 6.07) is -0.542. The monoisotopic (exact) mass is 257 g/mol. The highest BCUT2D eigenvalue weighted by Crippen LogP contribution is 2.13. The van der Waals surface area contributed by atoms with Crippen LogP contribution in [0.2, 0.25) is 0 Å². The fourth-order valence-electron chi connectivity index (χ4n) is 1.05. The Morgan fingerprint density at radius 2 is 2.00 bits per heavy atom. The molecule has 0 atom stereocenters. The lowest BCUT2D eigenvalue weighted by atomic mass is 9.97. The Morgan fingerprint density at radius 3 is 2.44 bits per heavy atom. The zero-order chi connectivity index (χ0) is 14.2. The lowest BCUT2D eigenvalue weighted by Gasteiger charge is -2.19. The molecule has 0 heterocycles. The number of carbonyl (C=O) groups excluding carboxylic acids is 2. The zero-order valence-electron chi connectivity index (χ0n) is 11.5. The number of nitrogens with two attached hydrogens (primary N) is 1. The summed E-state index contributed by atoms with van der Waals surface area (Å²) >= 11 is 0. The molecular formula is C12H23N3O3. The molecule has 0 aliphatic rings. The molecule has 0 saturated carbocycles. The summed E-state index contributed by atoms with van der Waals surface area (Å²) in [6.07, 6.45) is 2.66. The molecule has 6 heteroatoms. The zero-order valence-corrected chi connectivity index (χ0v) is 11.5. The molecule has 0 radical (unpaired) electrons. The summed E-state index contributed by atoms with van der Waals surface area (Å²) in [5, 5.41) is 2.51. The van der Waals surface area contributed by atoms with Crippen LogP contribution in [0.4, 0.5) is 9.59 Å². The van der Waals surface area contributed by atoms with Crippen LogP contribution in [0.25, 0.3) is 0 Å². The first kappa shape index (κ1) is 16.4. The van der Waals surface area contributed by atoms with Crippen molar-refractivity contribution < 1.29 is 14.3 Å². The predicted octanol–water partition coefficient (Wildman–Crippen LogP) is 1.67. The van der Waals surface area contributed by atoms with Crippen molar-refractivity contribution in [3.05, 3.63) is 12.3 Å².